The minimum absolute atomic E-state index is 0.153. The Bertz CT molecular complexity index is 1420. The number of carbonyl (C=O) groups excluding carboxylic acids is 1. The van der Waals surface area contributed by atoms with Crippen LogP contribution in [0.25, 0.3) is 5.69 Å². The van der Waals surface area contributed by atoms with Crippen LogP contribution in [0.1, 0.15) is 42.2 Å². The van der Waals surface area contributed by atoms with E-state index in [4.69, 9.17) is 4.74 Å². The number of para-hydroxylation sites is 1. The van der Waals surface area contributed by atoms with Crippen molar-refractivity contribution in [3.8, 4) is 5.69 Å². The number of carbonyl (C=O) groups is 1. The predicted molar refractivity (Wildman–Crippen MR) is 150 cm³/mol. The highest BCUT2D eigenvalue weighted by Crippen LogP contribution is 2.39. The van der Waals surface area contributed by atoms with Gasteiger partial charge in [0.05, 0.1) is 18.0 Å². The fraction of sp³-hybridized carbons (Fsp3) is 0.414. The Kier molecular flexibility index (Phi) is 8.41. The van der Waals surface area contributed by atoms with E-state index >= 15 is 0 Å². The summed E-state index contributed by atoms with van der Waals surface area (Å²) in [6.45, 7) is 5.85. The molecule has 2 aromatic carbocycles. The van der Waals surface area contributed by atoms with Crippen LogP contribution < -0.4 is 26.4 Å². The van der Waals surface area contributed by atoms with Gasteiger partial charge in [-0.15, -0.1) is 0 Å². The first-order valence-corrected chi connectivity index (χ1v) is 13.6. The van der Waals surface area contributed by atoms with Crippen molar-refractivity contribution in [2.24, 2.45) is 5.92 Å². The van der Waals surface area contributed by atoms with Crippen molar-refractivity contribution < 1.29 is 18.3 Å². The SMILES string of the molecule is CNCc1c(NC2CCCOC2)ccc(NC(=O)c2ccc(=O)n(-c3c(F)cccc3F)n2)c1N1CC[C@H](C)C1. The molecule has 3 heterocycles. The highest BCUT2D eigenvalue weighted by Gasteiger charge is 2.27. The van der Waals surface area contributed by atoms with Crippen molar-refractivity contribution in [1.29, 1.82) is 0 Å². The zero-order valence-electron chi connectivity index (χ0n) is 22.7. The molecule has 9 nitrogen and oxygen atoms in total. The summed E-state index contributed by atoms with van der Waals surface area (Å²) in [6, 6.07) is 9.57. The molecule has 0 radical (unpaired) electrons. The number of anilines is 3. The number of hydrogen-bond donors (Lipinski definition) is 3. The van der Waals surface area contributed by atoms with Crippen molar-refractivity contribution in [2.45, 2.75) is 38.8 Å². The van der Waals surface area contributed by atoms with Gasteiger partial charge >= 0.3 is 0 Å². The summed E-state index contributed by atoms with van der Waals surface area (Å²) in [5, 5.41) is 13.9. The van der Waals surface area contributed by atoms with E-state index in [-0.39, 0.29) is 11.7 Å². The van der Waals surface area contributed by atoms with Gasteiger partial charge in [0.15, 0.2) is 11.6 Å². The summed E-state index contributed by atoms with van der Waals surface area (Å²) in [5.41, 5.74) is 1.94. The van der Waals surface area contributed by atoms with Gasteiger partial charge in [-0.1, -0.05) is 13.0 Å². The van der Waals surface area contributed by atoms with Gasteiger partial charge in [0.25, 0.3) is 11.5 Å². The maximum absolute atomic E-state index is 14.4. The van der Waals surface area contributed by atoms with Crippen molar-refractivity contribution in [1.82, 2.24) is 15.1 Å². The molecule has 0 saturated carbocycles. The first kappa shape index (κ1) is 27.7. The Balaban J connectivity index is 1.51. The Hall–Kier alpha value is -3.83. The molecule has 1 unspecified atom stereocenters. The molecule has 2 saturated heterocycles. The number of ether oxygens (including phenoxy) is 1. The zero-order valence-corrected chi connectivity index (χ0v) is 22.7. The third-order valence-electron chi connectivity index (χ3n) is 7.33. The van der Waals surface area contributed by atoms with Crippen LogP contribution in [0.4, 0.5) is 25.8 Å². The smallest absolute Gasteiger partial charge is 0.276 e. The molecular formula is C29H34F2N6O3. The van der Waals surface area contributed by atoms with Gasteiger partial charge in [0.2, 0.25) is 0 Å². The number of aromatic nitrogens is 2. The fourth-order valence-corrected chi connectivity index (χ4v) is 5.37. The van der Waals surface area contributed by atoms with Crippen LogP contribution in [-0.2, 0) is 11.3 Å². The molecular weight excluding hydrogens is 518 g/mol. The Labute approximate surface area is 231 Å². The van der Waals surface area contributed by atoms with Gasteiger partial charge in [-0.3, -0.25) is 9.59 Å². The molecule has 11 heteroatoms. The lowest BCUT2D eigenvalue weighted by Gasteiger charge is -2.30. The molecule has 2 aliphatic rings. The molecule has 0 spiro atoms. The number of nitrogens with one attached hydrogen (secondary N) is 3. The Morgan fingerprint density at radius 3 is 2.52 bits per heavy atom. The molecule has 1 aromatic heterocycles. The third kappa shape index (κ3) is 5.85. The van der Waals surface area contributed by atoms with Crippen molar-refractivity contribution in [3.05, 3.63) is 75.7 Å². The second-order valence-corrected chi connectivity index (χ2v) is 10.4. The van der Waals surface area contributed by atoms with Crippen molar-refractivity contribution >= 4 is 23.0 Å². The fourth-order valence-electron chi connectivity index (χ4n) is 5.37. The molecule has 2 aliphatic heterocycles. The van der Waals surface area contributed by atoms with E-state index in [1.165, 1.54) is 12.1 Å². The zero-order chi connectivity index (χ0) is 28.2. The molecule has 0 aliphatic carbocycles. The maximum Gasteiger partial charge on any atom is 0.276 e. The average Bonchev–Trinajstić information content (AvgIpc) is 3.37. The van der Waals surface area contributed by atoms with E-state index < -0.39 is 28.8 Å². The van der Waals surface area contributed by atoms with E-state index in [2.05, 4.69) is 32.9 Å². The quantitative estimate of drug-likeness (QED) is 0.390. The second-order valence-electron chi connectivity index (χ2n) is 10.4. The molecule has 0 bridgehead atoms. The van der Waals surface area contributed by atoms with Gasteiger partial charge in [-0.05, 0) is 62.6 Å². The molecule has 3 N–H and O–H groups in total. The first-order chi connectivity index (χ1) is 19.4. The highest BCUT2D eigenvalue weighted by molar-refractivity contribution is 6.05. The van der Waals surface area contributed by atoms with Gasteiger partial charge in [0.1, 0.15) is 11.4 Å². The summed E-state index contributed by atoms with van der Waals surface area (Å²) in [4.78, 5) is 28.2. The van der Waals surface area contributed by atoms with Gasteiger partial charge in [0, 0.05) is 49.6 Å². The van der Waals surface area contributed by atoms with Crippen LogP contribution in [0.2, 0.25) is 0 Å². The highest BCUT2D eigenvalue weighted by atomic mass is 19.1. The largest absolute Gasteiger partial charge is 0.380 e. The number of amides is 1. The lowest BCUT2D eigenvalue weighted by Crippen LogP contribution is -2.31. The summed E-state index contributed by atoms with van der Waals surface area (Å²) in [6.07, 6.45) is 3.04. The summed E-state index contributed by atoms with van der Waals surface area (Å²) in [5.74, 6) is -2.02. The van der Waals surface area contributed by atoms with E-state index in [1.54, 1.807) is 0 Å². The summed E-state index contributed by atoms with van der Waals surface area (Å²) < 4.78 is 35.1. The summed E-state index contributed by atoms with van der Waals surface area (Å²) in [7, 11) is 1.88. The molecule has 2 atom stereocenters. The van der Waals surface area contributed by atoms with Crippen LogP contribution >= 0.6 is 0 Å². The van der Waals surface area contributed by atoms with Gasteiger partial charge in [-0.2, -0.15) is 9.78 Å². The average molecular weight is 553 g/mol. The van der Waals surface area contributed by atoms with Gasteiger partial charge < -0.3 is 25.6 Å². The Morgan fingerprint density at radius 1 is 1.07 bits per heavy atom. The minimum atomic E-state index is -0.958. The predicted octanol–water partition coefficient (Wildman–Crippen LogP) is 3.92. The van der Waals surface area contributed by atoms with E-state index in [9.17, 15) is 18.4 Å². The summed E-state index contributed by atoms with van der Waals surface area (Å²) >= 11 is 0. The standard InChI is InChI=1S/C29H34F2N6O3/c1-18-12-13-36(16-18)27-20(15-32-2)23(33-19-5-4-14-40-17-19)8-9-24(27)34-29(39)25-10-11-26(38)37(35-25)28-21(30)6-3-7-22(28)31/h3,6-11,18-19,32-33H,4-5,12-17H2,1-2H3,(H,34,39)/t18-,19?/m0/s1. The number of nitrogens with zero attached hydrogens (tertiary/aromatic N) is 3. The van der Waals surface area contributed by atoms with Gasteiger partial charge in [-0.25, -0.2) is 8.78 Å². The van der Waals surface area contributed by atoms with Crippen LogP contribution in [0, 0.1) is 17.6 Å². The Morgan fingerprint density at radius 2 is 1.85 bits per heavy atom. The van der Waals surface area contributed by atoms with E-state index in [1.807, 2.05) is 19.2 Å². The molecule has 1 amide bonds. The normalized spacial score (nSPS) is 19.1. The van der Waals surface area contributed by atoms with E-state index in [0.29, 0.717) is 29.4 Å². The van der Waals surface area contributed by atoms with Crippen LogP contribution in [0.15, 0.2) is 47.3 Å². The number of hydrogen-bond acceptors (Lipinski definition) is 7. The number of rotatable bonds is 8. The first-order valence-electron chi connectivity index (χ1n) is 13.6. The number of halogens is 2. The maximum atomic E-state index is 14.4. The monoisotopic (exact) mass is 552 g/mol. The van der Waals surface area contributed by atoms with Crippen molar-refractivity contribution in [3.63, 3.8) is 0 Å². The van der Waals surface area contributed by atoms with Crippen LogP contribution in [-0.4, -0.2) is 55.1 Å². The second kappa shape index (κ2) is 12.1. The lowest BCUT2D eigenvalue weighted by atomic mass is 10.0. The van der Waals surface area contributed by atoms with Crippen molar-refractivity contribution in [2.75, 3.05) is 48.9 Å². The van der Waals surface area contributed by atoms with Crippen LogP contribution in [0.5, 0.6) is 0 Å². The van der Waals surface area contributed by atoms with Crippen LogP contribution in [0.3, 0.4) is 0 Å². The molecule has 5 rings (SSSR count). The molecule has 3 aromatic rings. The minimum Gasteiger partial charge on any atom is -0.380 e. The lowest BCUT2D eigenvalue weighted by molar-refractivity contribution is 0.0876. The third-order valence-corrected chi connectivity index (χ3v) is 7.33. The molecule has 2 fully saturated rings. The molecule has 212 valence electrons. The molecule has 40 heavy (non-hydrogen) atoms. The van der Waals surface area contributed by atoms with E-state index in [0.717, 1.165) is 74.1 Å². The number of benzene rings is 2. The topological polar surface area (TPSA) is 101 Å².